The third-order valence-electron chi connectivity index (χ3n) is 6.06. The number of ether oxygens (including phenoxy) is 2. The van der Waals surface area contributed by atoms with Gasteiger partial charge in [-0.3, -0.25) is 4.79 Å². The number of fused-ring (bicyclic) bond motifs is 1. The van der Waals surface area contributed by atoms with E-state index in [1.807, 2.05) is 84.9 Å². The Kier molecular flexibility index (Phi) is 8.13. The van der Waals surface area contributed by atoms with Crippen molar-refractivity contribution in [3.05, 3.63) is 131 Å². The van der Waals surface area contributed by atoms with Crippen LogP contribution < -0.4 is 10.1 Å². The molecule has 198 valence electrons. The van der Waals surface area contributed by atoms with Crippen molar-refractivity contribution in [3.63, 3.8) is 0 Å². The van der Waals surface area contributed by atoms with Crippen LogP contribution in [0.15, 0.2) is 103 Å². The summed E-state index contributed by atoms with van der Waals surface area (Å²) in [4.78, 5) is 29.9. The fourth-order valence-electron chi connectivity index (χ4n) is 3.98. The van der Waals surface area contributed by atoms with Crippen LogP contribution in [0, 0.1) is 11.8 Å². The molecule has 5 aromatic rings. The lowest BCUT2D eigenvalue weighted by molar-refractivity contribution is -0.142. The van der Waals surface area contributed by atoms with Gasteiger partial charge in [-0.15, -0.1) is 0 Å². The number of carbonyl (C=O) groups is 2. The molecule has 0 aliphatic heterocycles. The number of imidazole rings is 1. The summed E-state index contributed by atoms with van der Waals surface area (Å²) in [6.07, 6.45) is 1.74. The standard InChI is InChI=1S/C32H26N4O4/c1-39-32(38)28(20-24-13-17-27(18-14-24)40-22-25-10-6-3-7-11-25)34-31(37)29-21-36-30(33-29)19-16-26(35-36)15-12-23-8-4-2-5-9-23/h2-11,13-14,16-19,21,28H,20,22H2,1H3,(H,34,37). The Morgan fingerprint density at radius 3 is 2.33 bits per heavy atom. The molecule has 8 heteroatoms. The molecule has 1 N–H and O–H groups in total. The number of nitrogens with one attached hydrogen (secondary N) is 1. The summed E-state index contributed by atoms with van der Waals surface area (Å²) >= 11 is 0. The molecule has 0 saturated heterocycles. The van der Waals surface area contributed by atoms with Crippen molar-refractivity contribution in [1.29, 1.82) is 0 Å². The maximum Gasteiger partial charge on any atom is 0.328 e. The predicted molar refractivity (Wildman–Crippen MR) is 150 cm³/mol. The van der Waals surface area contributed by atoms with E-state index in [-0.39, 0.29) is 12.1 Å². The normalized spacial score (nSPS) is 11.2. The number of nitrogens with zero attached hydrogens (tertiary/aromatic N) is 3. The number of hydrogen-bond donors (Lipinski definition) is 1. The van der Waals surface area contributed by atoms with Gasteiger partial charge >= 0.3 is 5.97 Å². The van der Waals surface area contributed by atoms with Crippen molar-refractivity contribution < 1.29 is 19.1 Å². The van der Waals surface area contributed by atoms with Crippen LogP contribution in [-0.2, 0) is 22.6 Å². The minimum atomic E-state index is -0.904. The highest BCUT2D eigenvalue weighted by molar-refractivity contribution is 5.95. The molecule has 2 aromatic heterocycles. The summed E-state index contributed by atoms with van der Waals surface area (Å²) in [6.45, 7) is 0.454. The number of aromatic nitrogens is 3. The van der Waals surface area contributed by atoms with Crippen LogP contribution in [0.1, 0.15) is 32.9 Å². The highest BCUT2D eigenvalue weighted by Gasteiger charge is 2.24. The summed E-state index contributed by atoms with van der Waals surface area (Å²) in [5.74, 6) is 5.70. The van der Waals surface area contributed by atoms with E-state index >= 15 is 0 Å². The number of esters is 1. The van der Waals surface area contributed by atoms with Crippen molar-refractivity contribution in [3.8, 4) is 17.6 Å². The van der Waals surface area contributed by atoms with Gasteiger partial charge in [0.15, 0.2) is 5.65 Å². The lowest BCUT2D eigenvalue weighted by Crippen LogP contribution is -2.43. The van der Waals surface area contributed by atoms with Gasteiger partial charge in [-0.2, -0.15) is 5.10 Å². The molecule has 1 unspecified atom stereocenters. The first-order valence-corrected chi connectivity index (χ1v) is 12.7. The van der Waals surface area contributed by atoms with Gasteiger partial charge in [0.1, 0.15) is 29.8 Å². The number of rotatable bonds is 8. The highest BCUT2D eigenvalue weighted by atomic mass is 16.5. The summed E-state index contributed by atoms with van der Waals surface area (Å²) in [5.41, 5.74) is 3.91. The largest absolute Gasteiger partial charge is 0.489 e. The van der Waals surface area contributed by atoms with Gasteiger partial charge in [-0.1, -0.05) is 66.6 Å². The fraction of sp³-hybridized carbons (Fsp3) is 0.125. The second-order valence-corrected chi connectivity index (χ2v) is 8.94. The van der Waals surface area contributed by atoms with E-state index in [0.29, 0.717) is 23.7 Å². The molecule has 0 aliphatic carbocycles. The van der Waals surface area contributed by atoms with Crippen LogP contribution in [0.2, 0.25) is 0 Å². The minimum Gasteiger partial charge on any atom is -0.489 e. The summed E-state index contributed by atoms with van der Waals surface area (Å²) < 4.78 is 12.3. The molecule has 5 rings (SSSR count). The molecule has 0 saturated carbocycles. The predicted octanol–water partition coefficient (Wildman–Crippen LogP) is 4.22. The van der Waals surface area contributed by atoms with Crippen LogP contribution >= 0.6 is 0 Å². The molecule has 3 aromatic carbocycles. The number of benzene rings is 3. The molecule has 0 radical (unpaired) electrons. The third kappa shape index (κ3) is 6.71. The maximum atomic E-state index is 13.0. The van der Waals surface area contributed by atoms with Crippen molar-refractivity contribution in [2.75, 3.05) is 7.11 Å². The second kappa shape index (κ2) is 12.4. The zero-order valence-corrected chi connectivity index (χ0v) is 21.8. The molecule has 8 nitrogen and oxygen atoms in total. The quantitative estimate of drug-likeness (QED) is 0.239. The first-order chi connectivity index (χ1) is 19.6. The van der Waals surface area contributed by atoms with Gasteiger partial charge in [-0.25, -0.2) is 14.3 Å². The van der Waals surface area contributed by atoms with Crippen LogP contribution in [0.25, 0.3) is 5.65 Å². The Labute approximate surface area is 231 Å². The van der Waals surface area contributed by atoms with Crippen LogP contribution in [-0.4, -0.2) is 39.6 Å². The van der Waals surface area contributed by atoms with E-state index in [1.54, 1.807) is 12.1 Å². The van der Waals surface area contributed by atoms with E-state index < -0.39 is 17.9 Å². The lowest BCUT2D eigenvalue weighted by Gasteiger charge is -2.16. The molecular formula is C32H26N4O4. The molecule has 0 bridgehead atoms. The first-order valence-electron chi connectivity index (χ1n) is 12.7. The zero-order chi connectivity index (χ0) is 27.7. The number of methoxy groups -OCH3 is 1. The van der Waals surface area contributed by atoms with Crippen molar-refractivity contribution in [1.82, 2.24) is 19.9 Å². The molecule has 1 atom stereocenters. The molecule has 1 amide bonds. The third-order valence-corrected chi connectivity index (χ3v) is 6.06. The Balaban J connectivity index is 1.24. The molecule has 2 heterocycles. The Hall–Kier alpha value is -5.42. The summed E-state index contributed by atoms with van der Waals surface area (Å²) in [6, 6.07) is 29.4. The smallest absolute Gasteiger partial charge is 0.328 e. The molecule has 40 heavy (non-hydrogen) atoms. The zero-order valence-electron chi connectivity index (χ0n) is 21.8. The van der Waals surface area contributed by atoms with Gasteiger partial charge in [0.2, 0.25) is 0 Å². The average molecular weight is 531 g/mol. The number of carbonyl (C=O) groups excluding carboxylic acids is 2. The Morgan fingerprint density at radius 2 is 1.60 bits per heavy atom. The van der Waals surface area contributed by atoms with E-state index in [2.05, 4.69) is 27.2 Å². The topological polar surface area (TPSA) is 94.8 Å². The van der Waals surface area contributed by atoms with Crippen molar-refractivity contribution >= 4 is 17.5 Å². The monoisotopic (exact) mass is 530 g/mol. The van der Waals surface area contributed by atoms with E-state index in [0.717, 1.165) is 16.7 Å². The molecular weight excluding hydrogens is 504 g/mol. The summed E-state index contributed by atoms with van der Waals surface area (Å²) in [7, 11) is 1.29. The molecule has 0 spiro atoms. The summed E-state index contributed by atoms with van der Waals surface area (Å²) in [5, 5.41) is 7.17. The van der Waals surface area contributed by atoms with E-state index in [1.165, 1.54) is 17.8 Å². The van der Waals surface area contributed by atoms with E-state index in [9.17, 15) is 9.59 Å². The Morgan fingerprint density at radius 1 is 0.875 bits per heavy atom. The number of hydrogen-bond acceptors (Lipinski definition) is 6. The second-order valence-electron chi connectivity index (χ2n) is 8.94. The minimum absolute atomic E-state index is 0.124. The van der Waals surface area contributed by atoms with Gasteiger partial charge in [0, 0.05) is 12.0 Å². The lowest BCUT2D eigenvalue weighted by atomic mass is 10.1. The van der Waals surface area contributed by atoms with Gasteiger partial charge in [0.25, 0.3) is 5.91 Å². The van der Waals surface area contributed by atoms with E-state index in [4.69, 9.17) is 9.47 Å². The van der Waals surface area contributed by atoms with Crippen molar-refractivity contribution in [2.24, 2.45) is 0 Å². The maximum absolute atomic E-state index is 13.0. The average Bonchev–Trinajstić information content (AvgIpc) is 3.44. The van der Waals surface area contributed by atoms with Gasteiger partial charge < -0.3 is 14.8 Å². The Bertz CT molecular complexity index is 1670. The van der Waals surface area contributed by atoms with Crippen LogP contribution in [0.4, 0.5) is 0 Å². The molecule has 0 fully saturated rings. The fourth-order valence-corrected chi connectivity index (χ4v) is 3.98. The van der Waals surface area contributed by atoms with Crippen molar-refractivity contribution in [2.45, 2.75) is 19.1 Å². The van der Waals surface area contributed by atoms with Crippen LogP contribution in [0.5, 0.6) is 5.75 Å². The van der Waals surface area contributed by atoms with Gasteiger partial charge in [-0.05, 0) is 53.4 Å². The first kappa shape index (κ1) is 26.2. The van der Waals surface area contributed by atoms with Gasteiger partial charge in [0.05, 0.1) is 13.3 Å². The highest BCUT2D eigenvalue weighted by Crippen LogP contribution is 2.16. The molecule has 0 aliphatic rings. The van der Waals surface area contributed by atoms with Crippen LogP contribution in [0.3, 0.4) is 0 Å². The SMILES string of the molecule is COC(=O)C(Cc1ccc(OCc2ccccc2)cc1)NC(=O)c1cn2nc(C#Cc3ccccc3)ccc2n1. The number of amides is 1.